The first-order valence-electron chi connectivity index (χ1n) is 9.37. The number of hydrogen-bond donors (Lipinski definition) is 0. The van der Waals surface area contributed by atoms with Crippen LogP contribution in [0.1, 0.15) is 38.2 Å². The summed E-state index contributed by atoms with van der Waals surface area (Å²) in [7, 11) is 0. The van der Waals surface area contributed by atoms with Crippen LogP contribution in [0.15, 0.2) is 53.1 Å². The van der Waals surface area contributed by atoms with Gasteiger partial charge < -0.3 is 4.90 Å². The van der Waals surface area contributed by atoms with Crippen LogP contribution in [-0.4, -0.2) is 47.0 Å². The van der Waals surface area contributed by atoms with Gasteiger partial charge in [0.1, 0.15) is 0 Å². The molecule has 0 N–H and O–H groups in total. The van der Waals surface area contributed by atoms with E-state index in [0.29, 0.717) is 29.6 Å². The molecule has 27 heavy (non-hydrogen) atoms. The monoisotopic (exact) mass is 383 g/mol. The molecular weight excluding hydrogens is 358 g/mol. The molecular formula is C22H25NO3S. The molecule has 1 aliphatic heterocycles. The second-order valence-corrected chi connectivity index (χ2v) is 8.28. The lowest BCUT2D eigenvalue weighted by Gasteiger charge is -2.28. The molecule has 4 nitrogen and oxygen atoms in total. The first kappa shape index (κ1) is 19.6. The lowest BCUT2D eigenvalue weighted by atomic mass is 9.78. The molecule has 3 rings (SSSR count). The van der Waals surface area contributed by atoms with Crippen molar-refractivity contribution in [2.75, 3.05) is 24.6 Å². The first-order valence-corrected chi connectivity index (χ1v) is 10.5. The fourth-order valence-corrected chi connectivity index (χ4v) is 4.68. The summed E-state index contributed by atoms with van der Waals surface area (Å²) in [5, 5.41) is 0. The van der Waals surface area contributed by atoms with E-state index in [0.717, 1.165) is 30.2 Å². The molecule has 0 aromatic heterocycles. The molecule has 1 aromatic rings. The highest BCUT2D eigenvalue weighted by Crippen LogP contribution is 2.35. The summed E-state index contributed by atoms with van der Waals surface area (Å²) in [6, 6.07) is 9.72. The maximum Gasteiger partial charge on any atom is 0.222 e. The number of benzene rings is 1. The van der Waals surface area contributed by atoms with E-state index in [1.54, 1.807) is 13.8 Å². The van der Waals surface area contributed by atoms with Gasteiger partial charge in [0.2, 0.25) is 5.91 Å². The topological polar surface area (TPSA) is 54.5 Å². The number of carbonyl (C=O) groups excluding carboxylic acids is 3. The van der Waals surface area contributed by atoms with Crippen LogP contribution >= 0.6 is 11.8 Å². The number of carbonyl (C=O) groups is 3. The van der Waals surface area contributed by atoms with Crippen molar-refractivity contribution in [3.8, 4) is 0 Å². The zero-order chi connectivity index (χ0) is 19.4. The lowest BCUT2D eigenvalue weighted by molar-refractivity contribution is -0.131. The molecule has 1 fully saturated rings. The summed E-state index contributed by atoms with van der Waals surface area (Å²) >= 11 is 1.87. The number of thioether (sulfide) groups is 1. The molecule has 1 aliphatic carbocycles. The molecule has 5 heteroatoms. The van der Waals surface area contributed by atoms with E-state index < -0.39 is 0 Å². The Bertz CT molecular complexity index is 804. The molecule has 1 saturated heterocycles. The zero-order valence-electron chi connectivity index (χ0n) is 15.9. The van der Waals surface area contributed by atoms with Gasteiger partial charge in [-0.15, -0.1) is 0 Å². The molecule has 1 amide bonds. The molecule has 2 aliphatic rings. The quantitative estimate of drug-likeness (QED) is 0.730. The Labute approximate surface area is 164 Å². The van der Waals surface area contributed by atoms with Gasteiger partial charge in [-0.1, -0.05) is 30.3 Å². The Kier molecular flexibility index (Phi) is 6.32. The van der Waals surface area contributed by atoms with Crippen molar-refractivity contribution in [3.63, 3.8) is 0 Å². The van der Waals surface area contributed by atoms with Crippen LogP contribution in [0.3, 0.4) is 0 Å². The van der Waals surface area contributed by atoms with Gasteiger partial charge in [-0.3, -0.25) is 14.4 Å². The number of amides is 1. The number of hydrogen-bond acceptors (Lipinski definition) is 4. The minimum absolute atomic E-state index is 0.0788. The minimum atomic E-state index is -0.241. The summed E-state index contributed by atoms with van der Waals surface area (Å²) in [6.07, 6.45) is 2.35. The van der Waals surface area contributed by atoms with Crippen LogP contribution in [0.4, 0.5) is 0 Å². The molecule has 0 saturated carbocycles. The normalized spacial score (nSPS) is 19.2. The van der Waals surface area contributed by atoms with Gasteiger partial charge in [0.25, 0.3) is 0 Å². The molecule has 0 bridgehead atoms. The van der Waals surface area contributed by atoms with Crippen molar-refractivity contribution in [1.82, 2.24) is 4.90 Å². The molecule has 0 radical (unpaired) electrons. The van der Waals surface area contributed by atoms with Crippen LogP contribution in [0.25, 0.3) is 0 Å². The van der Waals surface area contributed by atoms with Crippen LogP contribution in [0.5, 0.6) is 0 Å². The molecule has 1 atom stereocenters. The summed E-state index contributed by atoms with van der Waals surface area (Å²) < 4.78 is 0. The summed E-state index contributed by atoms with van der Waals surface area (Å²) in [6.45, 7) is 4.99. The second kappa shape index (κ2) is 8.70. The molecule has 1 aromatic carbocycles. The van der Waals surface area contributed by atoms with E-state index in [1.807, 2.05) is 47.0 Å². The second-order valence-electron chi connectivity index (χ2n) is 7.05. The van der Waals surface area contributed by atoms with Gasteiger partial charge >= 0.3 is 0 Å². The van der Waals surface area contributed by atoms with Gasteiger partial charge in [0, 0.05) is 53.7 Å². The van der Waals surface area contributed by atoms with Gasteiger partial charge in [-0.05, 0) is 31.9 Å². The Morgan fingerprint density at radius 3 is 2.44 bits per heavy atom. The Hall–Kier alpha value is -2.14. The van der Waals surface area contributed by atoms with E-state index in [2.05, 4.69) is 0 Å². The molecule has 1 unspecified atom stereocenters. The van der Waals surface area contributed by atoms with E-state index >= 15 is 0 Å². The third-order valence-corrected chi connectivity index (χ3v) is 6.22. The largest absolute Gasteiger partial charge is 0.341 e. The Balaban J connectivity index is 1.85. The maximum atomic E-state index is 12.7. The number of allylic oxidation sites excluding steroid dienone is 4. The third kappa shape index (κ3) is 4.41. The van der Waals surface area contributed by atoms with Gasteiger partial charge in [0.15, 0.2) is 11.6 Å². The molecule has 1 heterocycles. The van der Waals surface area contributed by atoms with Gasteiger partial charge in [-0.25, -0.2) is 0 Å². The fraction of sp³-hybridized carbons (Fsp3) is 0.409. The number of nitrogens with zero attached hydrogens (tertiary/aromatic N) is 1. The third-order valence-electron chi connectivity index (χ3n) is 5.28. The summed E-state index contributed by atoms with van der Waals surface area (Å²) in [4.78, 5) is 39.7. The SMILES string of the molecule is CC1=CC(=O)C(C(CCC(=O)N2CCSCC2)c2ccccc2)=C(C)C1=O. The summed E-state index contributed by atoms with van der Waals surface area (Å²) in [5.41, 5.74) is 2.51. The van der Waals surface area contributed by atoms with Crippen molar-refractivity contribution in [2.45, 2.75) is 32.6 Å². The van der Waals surface area contributed by atoms with E-state index in [-0.39, 0.29) is 23.4 Å². The predicted molar refractivity (Wildman–Crippen MR) is 109 cm³/mol. The Morgan fingerprint density at radius 1 is 1.11 bits per heavy atom. The minimum Gasteiger partial charge on any atom is -0.341 e. The fourth-order valence-electron chi connectivity index (χ4n) is 3.78. The molecule has 0 spiro atoms. The highest BCUT2D eigenvalue weighted by molar-refractivity contribution is 7.99. The van der Waals surface area contributed by atoms with E-state index in [4.69, 9.17) is 0 Å². The van der Waals surface area contributed by atoms with Crippen molar-refractivity contribution >= 4 is 29.2 Å². The van der Waals surface area contributed by atoms with E-state index in [9.17, 15) is 14.4 Å². The highest BCUT2D eigenvalue weighted by Gasteiger charge is 2.31. The smallest absolute Gasteiger partial charge is 0.222 e. The zero-order valence-corrected chi connectivity index (χ0v) is 16.7. The molecule has 142 valence electrons. The number of Topliss-reactive ketones (excluding diaryl/α,β-unsaturated/α-hetero) is 1. The maximum absolute atomic E-state index is 12.7. The van der Waals surface area contributed by atoms with Crippen LogP contribution in [0, 0.1) is 0 Å². The average molecular weight is 384 g/mol. The lowest BCUT2D eigenvalue weighted by Crippen LogP contribution is -2.38. The van der Waals surface area contributed by atoms with Crippen LogP contribution in [-0.2, 0) is 14.4 Å². The number of ketones is 2. The average Bonchev–Trinajstić information content (AvgIpc) is 2.70. The predicted octanol–water partition coefficient (Wildman–Crippen LogP) is 3.54. The van der Waals surface area contributed by atoms with Gasteiger partial charge in [-0.2, -0.15) is 11.8 Å². The van der Waals surface area contributed by atoms with Crippen LogP contribution < -0.4 is 0 Å². The highest BCUT2D eigenvalue weighted by atomic mass is 32.2. The van der Waals surface area contributed by atoms with Crippen molar-refractivity contribution in [3.05, 3.63) is 58.7 Å². The summed E-state index contributed by atoms with van der Waals surface area (Å²) in [5.74, 6) is 1.67. The first-order chi connectivity index (χ1) is 13.0. The standard InChI is InChI=1S/C22H25NO3S/c1-15-14-19(24)21(16(2)22(15)26)18(17-6-4-3-5-7-17)8-9-20(25)23-10-12-27-13-11-23/h3-7,14,18H,8-13H2,1-2H3. The van der Waals surface area contributed by atoms with Crippen LogP contribution in [0.2, 0.25) is 0 Å². The van der Waals surface area contributed by atoms with Crippen molar-refractivity contribution in [1.29, 1.82) is 0 Å². The van der Waals surface area contributed by atoms with Crippen molar-refractivity contribution in [2.24, 2.45) is 0 Å². The number of rotatable bonds is 5. The van der Waals surface area contributed by atoms with Crippen molar-refractivity contribution < 1.29 is 14.4 Å². The van der Waals surface area contributed by atoms with Gasteiger partial charge in [0.05, 0.1) is 0 Å². The van der Waals surface area contributed by atoms with E-state index in [1.165, 1.54) is 6.08 Å². The Morgan fingerprint density at radius 2 is 1.78 bits per heavy atom.